The van der Waals surface area contributed by atoms with Gasteiger partial charge in [0.15, 0.2) is 0 Å². The maximum atomic E-state index is 12.4. The van der Waals surface area contributed by atoms with Gasteiger partial charge in [-0.15, -0.1) is 0 Å². The van der Waals surface area contributed by atoms with Gasteiger partial charge in [-0.25, -0.2) is 0 Å². The van der Waals surface area contributed by atoms with E-state index in [1.54, 1.807) is 18.2 Å². The zero-order valence-electron chi connectivity index (χ0n) is 11.6. The van der Waals surface area contributed by atoms with Gasteiger partial charge in [0.2, 0.25) is 0 Å². The quantitative estimate of drug-likeness (QED) is 0.622. The maximum absolute atomic E-state index is 12.4. The molecule has 0 saturated heterocycles. The first-order valence-electron chi connectivity index (χ1n) is 6.69. The zero-order valence-corrected chi connectivity index (χ0v) is 11.6. The van der Waals surface area contributed by atoms with E-state index in [1.807, 2.05) is 0 Å². The Bertz CT molecular complexity index is 1070. The average Bonchev–Trinajstić information content (AvgIpc) is 2.82. The number of nitrogens with zero attached hydrogens (tertiary/aromatic N) is 3. The van der Waals surface area contributed by atoms with Crippen LogP contribution in [0.15, 0.2) is 41.5 Å². The highest BCUT2D eigenvalue weighted by molar-refractivity contribution is 6.23. The third-order valence-corrected chi connectivity index (χ3v) is 3.67. The second-order valence-electron chi connectivity index (χ2n) is 4.98. The van der Waals surface area contributed by atoms with Crippen LogP contribution in [0.3, 0.4) is 0 Å². The predicted octanol–water partition coefficient (Wildman–Crippen LogP) is 0.246. The maximum Gasteiger partial charge on any atom is 0.262 e. The Morgan fingerprint density at radius 1 is 1.04 bits per heavy atom. The largest absolute Gasteiger partial charge is 0.384 e. The lowest BCUT2D eigenvalue weighted by atomic mass is 10.1. The van der Waals surface area contributed by atoms with E-state index in [0.29, 0.717) is 16.7 Å². The molecule has 0 spiro atoms. The number of hydrogen-bond acceptors (Lipinski definition) is 6. The molecule has 0 aliphatic carbocycles. The van der Waals surface area contributed by atoms with Gasteiger partial charge >= 0.3 is 0 Å². The molecule has 0 atom stereocenters. The van der Waals surface area contributed by atoms with Crippen molar-refractivity contribution in [3.8, 4) is 5.69 Å². The average molecular weight is 307 g/mol. The van der Waals surface area contributed by atoms with E-state index in [2.05, 4.69) is 15.3 Å². The van der Waals surface area contributed by atoms with Crippen LogP contribution in [0.1, 0.15) is 20.7 Å². The third-order valence-electron chi connectivity index (χ3n) is 3.67. The van der Waals surface area contributed by atoms with Crippen LogP contribution < -0.4 is 16.6 Å². The fourth-order valence-electron chi connectivity index (χ4n) is 2.69. The highest BCUT2D eigenvalue weighted by Gasteiger charge is 2.32. The first-order chi connectivity index (χ1) is 11.1. The van der Waals surface area contributed by atoms with Crippen molar-refractivity contribution in [2.24, 2.45) is 0 Å². The fourth-order valence-corrected chi connectivity index (χ4v) is 2.69. The number of carbonyl (C=O) groups is 2. The molecular formula is C15H9N5O3. The summed E-state index contributed by atoms with van der Waals surface area (Å²) in [5.41, 5.74) is 6.91. The molecule has 2 aromatic heterocycles. The molecule has 4 rings (SSSR count). The van der Waals surface area contributed by atoms with Gasteiger partial charge in [-0.05, 0) is 12.1 Å². The molecule has 8 nitrogen and oxygen atoms in total. The number of nitrogens with two attached hydrogens (primary N) is 1. The molecule has 3 aromatic rings. The number of pyridine rings is 1. The number of benzene rings is 1. The van der Waals surface area contributed by atoms with Gasteiger partial charge in [-0.3, -0.25) is 34.2 Å². The Labute approximate surface area is 128 Å². The normalized spacial score (nSPS) is 13.2. The number of amides is 2. The van der Waals surface area contributed by atoms with Crippen LogP contribution in [0.25, 0.3) is 16.7 Å². The number of imide groups is 1. The van der Waals surface area contributed by atoms with E-state index >= 15 is 0 Å². The molecule has 112 valence electrons. The third kappa shape index (κ3) is 1.75. The van der Waals surface area contributed by atoms with Crippen LogP contribution in [-0.2, 0) is 0 Å². The van der Waals surface area contributed by atoms with Crippen LogP contribution in [0.5, 0.6) is 0 Å². The van der Waals surface area contributed by atoms with Crippen molar-refractivity contribution in [1.29, 1.82) is 0 Å². The lowest BCUT2D eigenvalue weighted by molar-refractivity contribution is 0.0880. The van der Waals surface area contributed by atoms with E-state index in [-0.39, 0.29) is 16.9 Å². The topological polar surface area (TPSA) is 120 Å². The molecule has 0 radical (unpaired) electrons. The number of hydrogen-bond donors (Lipinski definition) is 2. The Morgan fingerprint density at radius 2 is 1.83 bits per heavy atom. The molecule has 3 heterocycles. The number of fused-ring (bicyclic) bond motifs is 2. The van der Waals surface area contributed by atoms with Crippen LogP contribution >= 0.6 is 0 Å². The van der Waals surface area contributed by atoms with Crippen molar-refractivity contribution < 1.29 is 9.59 Å². The summed E-state index contributed by atoms with van der Waals surface area (Å²) in [6.45, 7) is 0. The van der Waals surface area contributed by atoms with Crippen LogP contribution in [0, 0.1) is 0 Å². The molecule has 3 N–H and O–H groups in total. The minimum absolute atomic E-state index is 0.00417. The van der Waals surface area contributed by atoms with Gasteiger partial charge in [-0.1, -0.05) is 6.07 Å². The molecule has 8 heteroatoms. The molecule has 0 unspecified atom stereocenters. The number of carbonyl (C=O) groups excluding carboxylic acids is 2. The Morgan fingerprint density at radius 3 is 2.65 bits per heavy atom. The highest BCUT2D eigenvalue weighted by Crippen LogP contribution is 2.25. The second kappa shape index (κ2) is 4.47. The van der Waals surface area contributed by atoms with Gasteiger partial charge in [0.25, 0.3) is 17.4 Å². The van der Waals surface area contributed by atoms with E-state index in [9.17, 15) is 14.4 Å². The van der Waals surface area contributed by atoms with Crippen LogP contribution in [0.4, 0.5) is 5.82 Å². The summed E-state index contributed by atoms with van der Waals surface area (Å²) in [4.78, 5) is 44.4. The van der Waals surface area contributed by atoms with Gasteiger partial charge < -0.3 is 5.73 Å². The summed E-state index contributed by atoms with van der Waals surface area (Å²) < 4.78 is 1.16. The number of para-hydroxylation sites is 1. The lowest BCUT2D eigenvalue weighted by Gasteiger charge is -2.13. The molecule has 1 aliphatic rings. The van der Waals surface area contributed by atoms with Gasteiger partial charge in [0.1, 0.15) is 11.3 Å². The van der Waals surface area contributed by atoms with E-state index in [0.717, 1.165) is 10.6 Å². The minimum atomic E-state index is -0.626. The van der Waals surface area contributed by atoms with Crippen molar-refractivity contribution in [3.63, 3.8) is 0 Å². The van der Waals surface area contributed by atoms with E-state index in [1.165, 1.54) is 12.4 Å². The monoisotopic (exact) mass is 307 g/mol. The van der Waals surface area contributed by atoms with Gasteiger partial charge in [0, 0.05) is 18.5 Å². The lowest BCUT2D eigenvalue weighted by Crippen LogP contribution is -2.24. The highest BCUT2D eigenvalue weighted by atomic mass is 16.2. The molecule has 0 fully saturated rings. The molecule has 1 aromatic carbocycles. The number of nitrogens with one attached hydrogen (secondary N) is 1. The van der Waals surface area contributed by atoms with Crippen LogP contribution in [-0.4, -0.2) is 26.3 Å². The first kappa shape index (κ1) is 13.1. The standard InChI is InChI=1S/C15H9N5O3/c16-13-11-7(14(22)19-15(11)23)6-10(21)20(13)9-3-1-2-8-12(9)18-5-4-17-8/h1-6H,16H2,(H,19,22,23). The SMILES string of the molecule is Nc1c2c(cc(=O)n1-c1cccc3nccnc13)C(=O)NC2=O. The molecule has 2 amide bonds. The molecular weight excluding hydrogens is 298 g/mol. The van der Waals surface area contributed by atoms with E-state index < -0.39 is 17.4 Å². The summed E-state index contributed by atoms with van der Waals surface area (Å²) in [7, 11) is 0. The molecule has 1 aliphatic heterocycles. The van der Waals surface area contributed by atoms with E-state index in [4.69, 9.17) is 5.73 Å². The Kier molecular flexibility index (Phi) is 2.55. The number of anilines is 1. The van der Waals surface area contributed by atoms with Gasteiger partial charge in [0.05, 0.1) is 22.3 Å². The van der Waals surface area contributed by atoms with Crippen molar-refractivity contribution in [1.82, 2.24) is 19.9 Å². The van der Waals surface area contributed by atoms with Crippen molar-refractivity contribution in [2.45, 2.75) is 0 Å². The Balaban J connectivity index is 2.11. The number of nitrogen functional groups attached to an aromatic ring is 1. The zero-order chi connectivity index (χ0) is 16.1. The van der Waals surface area contributed by atoms with Gasteiger partial charge in [-0.2, -0.15) is 0 Å². The molecule has 23 heavy (non-hydrogen) atoms. The van der Waals surface area contributed by atoms with Crippen molar-refractivity contribution >= 4 is 28.7 Å². The first-order valence-corrected chi connectivity index (χ1v) is 6.69. The van der Waals surface area contributed by atoms with Crippen molar-refractivity contribution in [2.75, 3.05) is 5.73 Å². The summed E-state index contributed by atoms with van der Waals surface area (Å²) in [6.07, 6.45) is 3.03. The summed E-state index contributed by atoms with van der Waals surface area (Å²) >= 11 is 0. The number of aromatic nitrogens is 3. The molecule has 0 bridgehead atoms. The second-order valence-corrected chi connectivity index (χ2v) is 4.98. The number of rotatable bonds is 1. The minimum Gasteiger partial charge on any atom is -0.384 e. The smallest absolute Gasteiger partial charge is 0.262 e. The Hall–Kier alpha value is -3.55. The summed E-state index contributed by atoms with van der Waals surface area (Å²) in [5.74, 6) is -1.35. The fraction of sp³-hybridized carbons (Fsp3) is 0. The predicted molar refractivity (Wildman–Crippen MR) is 81.3 cm³/mol. The summed E-state index contributed by atoms with van der Waals surface area (Å²) in [5, 5.41) is 2.13. The van der Waals surface area contributed by atoms with Crippen LogP contribution in [0.2, 0.25) is 0 Å². The van der Waals surface area contributed by atoms with Crippen molar-refractivity contribution in [3.05, 3.63) is 58.1 Å². The molecule has 0 saturated carbocycles. The summed E-state index contributed by atoms with van der Waals surface area (Å²) in [6, 6.07) is 6.20.